The van der Waals surface area contributed by atoms with Gasteiger partial charge in [0.1, 0.15) is 6.04 Å². The minimum Gasteiger partial charge on any atom is -0.480 e. The van der Waals surface area contributed by atoms with Gasteiger partial charge in [-0.1, -0.05) is 18.5 Å². The van der Waals surface area contributed by atoms with Crippen LogP contribution in [-0.4, -0.2) is 38.6 Å². The lowest BCUT2D eigenvalue weighted by Crippen LogP contribution is -2.41. The Labute approximate surface area is 126 Å². The van der Waals surface area contributed by atoms with E-state index in [1.165, 1.54) is 18.7 Å². The molecule has 1 atom stereocenters. The number of hydrogen-bond acceptors (Lipinski definition) is 4. The van der Waals surface area contributed by atoms with Crippen LogP contribution in [0, 0.1) is 0 Å². The standard InChI is InChI=1S/C12H18ClN3O3S/c1-4-8-11(13)10(16(3)15-8)6-20-5-9(12(18)19)14-7(2)17/h9H,4-6H2,1-3H3,(H,14,17)(H,18,19). The summed E-state index contributed by atoms with van der Waals surface area (Å²) in [6.07, 6.45) is 0.751. The Hall–Kier alpha value is -1.21. The Morgan fingerprint density at radius 2 is 2.20 bits per heavy atom. The third-order valence-corrected chi connectivity index (χ3v) is 4.18. The summed E-state index contributed by atoms with van der Waals surface area (Å²) in [5, 5.41) is 16.3. The van der Waals surface area contributed by atoms with Crippen molar-refractivity contribution in [3.05, 3.63) is 16.4 Å². The molecule has 0 fully saturated rings. The maximum atomic E-state index is 11.0. The van der Waals surface area contributed by atoms with Gasteiger partial charge in [0.15, 0.2) is 0 Å². The highest BCUT2D eigenvalue weighted by atomic mass is 35.5. The molecule has 2 N–H and O–H groups in total. The predicted octanol–water partition coefficient (Wildman–Crippen LogP) is 1.46. The predicted molar refractivity (Wildman–Crippen MR) is 79.0 cm³/mol. The van der Waals surface area contributed by atoms with Gasteiger partial charge in [0.25, 0.3) is 0 Å². The smallest absolute Gasteiger partial charge is 0.327 e. The van der Waals surface area contributed by atoms with Gasteiger partial charge in [0, 0.05) is 25.5 Å². The molecule has 1 aromatic rings. The maximum absolute atomic E-state index is 11.0. The van der Waals surface area contributed by atoms with Crippen molar-refractivity contribution in [2.75, 3.05) is 5.75 Å². The third-order valence-electron chi connectivity index (χ3n) is 2.70. The van der Waals surface area contributed by atoms with Crippen LogP contribution < -0.4 is 5.32 Å². The molecule has 0 aliphatic heterocycles. The molecule has 0 saturated heterocycles. The summed E-state index contributed by atoms with van der Waals surface area (Å²) in [5.41, 5.74) is 1.70. The second kappa shape index (κ2) is 7.54. The lowest BCUT2D eigenvalue weighted by atomic mass is 10.3. The fourth-order valence-corrected chi connectivity index (χ4v) is 3.21. The van der Waals surface area contributed by atoms with Crippen LogP contribution in [0.2, 0.25) is 5.02 Å². The first-order valence-corrected chi connectivity index (χ1v) is 7.68. The fraction of sp³-hybridized carbons (Fsp3) is 0.583. The van der Waals surface area contributed by atoms with E-state index < -0.39 is 12.0 Å². The normalized spacial score (nSPS) is 12.2. The van der Waals surface area contributed by atoms with Gasteiger partial charge in [-0.05, 0) is 6.42 Å². The monoisotopic (exact) mass is 319 g/mol. The van der Waals surface area contributed by atoms with Crippen LogP contribution in [0.4, 0.5) is 0 Å². The molecule has 1 aromatic heterocycles. The quantitative estimate of drug-likeness (QED) is 0.795. The van der Waals surface area contributed by atoms with E-state index in [2.05, 4.69) is 10.4 Å². The Morgan fingerprint density at radius 1 is 1.55 bits per heavy atom. The van der Waals surface area contributed by atoms with Gasteiger partial charge in [-0.3, -0.25) is 9.48 Å². The number of carbonyl (C=O) groups excluding carboxylic acids is 1. The molecule has 8 heteroatoms. The number of thioether (sulfide) groups is 1. The molecule has 1 rings (SSSR count). The second-order valence-electron chi connectivity index (χ2n) is 4.29. The number of amides is 1. The van der Waals surface area contributed by atoms with Crippen molar-refractivity contribution in [1.82, 2.24) is 15.1 Å². The van der Waals surface area contributed by atoms with Crippen LogP contribution in [0.1, 0.15) is 25.2 Å². The van der Waals surface area contributed by atoms with Crippen LogP contribution in [0.3, 0.4) is 0 Å². The molecule has 20 heavy (non-hydrogen) atoms. The molecule has 0 bridgehead atoms. The molecule has 1 heterocycles. The van der Waals surface area contributed by atoms with E-state index in [0.717, 1.165) is 17.8 Å². The van der Waals surface area contributed by atoms with Crippen molar-refractivity contribution in [2.24, 2.45) is 7.05 Å². The van der Waals surface area contributed by atoms with Crippen LogP contribution in [0.15, 0.2) is 0 Å². The zero-order chi connectivity index (χ0) is 15.3. The molecule has 0 spiro atoms. The lowest BCUT2D eigenvalue weighted by Gasteiger charge is -2.12. The molecular formula is C12H18ClN3O3S. The van der Waals surface area contributed by atoms with Crippen LogP contribution in [0.5, 0.6) is 0 Å². The van der Waals surface area contributed by atoms with Gasteiger partial charge >= 0.3 is 5.97 Å². The third kappa shape index (κ3) is 4.42. The first-order chi connectivity index (χ1) is 9.36. The summed E-state index contributed by atoms with van der Waals surface area (Å²) >= 11 is 7.61. The van der Waals surface area contributed by atoms with Crippen molar-refractivity contribution in [1.29, 1.82) is 0 Å². The van der Waals surface area contributed by atoms with E-state index in [9.17, 15) is 9.59 Å². The first-order valence-electron chi connectivity index (χ1n) is 6.14. The zero-order valence-electron chi connectivity index (χ0n) is 11.6. The van der Waals surface area contributed by atoms with Crippen LogP contribution in [-0.2, 0) is 28.8 Å². The highest BCUT2D eigenvalue weighted by Gasteiger charge is 2.19. The van der Waals surface area contributed by atoms with E-state index in [-0.39, 0.29) is 11.7 Å². The van der Waals surface area contributed by atoms with E-state index in [4.69, 9.17) is 16.7 Å². The molecule has 0 aliphatic carbocycles. The van der Waals surface area contributed by atoms with Crippen molar-refractivity contribution < 1.29 is 14.7 Å². The number of rotatable bonds is 7. The SMILES string of the molecule is CCc1nn(C)c(CSCC(NC(C)=O)C(=O)O)c1Cl. The Morgan fingerprint density at radius 3 is 2.65 bits per heavy atom. The largest absolute Gasteiger partial charge is 0.480 e. The van der Waals surface area contributed by atoms with E-state index in [1.807, 2.05) is 14.0 Å². The van der Waals surface area contributed by atoms with E-state index in [0.29, 0.717) is 10.8 Å². The topological polar surface area (TPSA) is 84.2 Å². The number of carboxylic acids is 1. The molecule has 0 aromatic carbocycles. The molecule has 6 nitrogen and oxygen atoms in total. The number of aromatic nitrogens is 2. The Balaban J connectivity index is 2.61. The highest BCUT2D eigenvalue weighted by molar-refractivity contribution is 7.98. The Bertz CT molecular complexity index is 504. The number of nitrogens with one attached hydrogen (secondary N) is 1. The number of aryl methyl sites for hydroxylation is 2. The molecule has 1 unspecified atom stereocenters. The number of hydrogen-bond donors (Lipinski definition) is 2. The lowest BCUT2D eigenvalue weighted by molar-refractivity contribution is -0.140. The highest BCUT2D eigenvalue weighted by Crippen LogP contribution is 2.25. The van der Waals surface area contributed by atoms with E-state index in [1.54, 1.807) is 4.68 Å². The maximum Gasteiger partial charge on any atom is 0.327 e. The molecule has 0 radical (unpaired) electrons. The van der Waals surface area contributed by atoms with E-state index >= 15 is 0 Å². The van der Waals surface area contributed by atoms with Gasteiger partial charge in [0.2, 0.25) is 5.91 Å². The summed E-state index contributed by atoms with van der Waals surface area (Å²) in [6, 6.07) is -0.893. The zero-order valence-corrected chi connectivity index (χ0v) is 13.2. The molecule has 0 saturated carbocycles. The summed E-state index contributed by atoms with van der Waals surface area (Å²) in [6.45, 7) is 3.27. The number of carbonyl (C=O) groups is 2. The summed E-state index contributed by atoms with van der Waals surface area (Å²) < 4.78 is 1.71. The number of nitrogens with zero attached hydrogens (tertiary/aromatic N) is 2. The average molecular weight is 320 g/mol. The molecular weight excluding hydrogens is 302 g/mol. The average Bonchev–Trinajstić information content (AvgIpc) is 2.63. The van der Waals surface area contributed by atoms with Gasteiger partial charge in [-0.15, -0.1) is 0 Å². The number of aliphatic carboxylic acids is 1. The van der Waals surface area contributed by atoms with Crippen LogP contribution in [0.25, 0.3) is 0 Å². The summed E-state index contributed by atoms with van der Waals surface area (Å²) in [4.78, 5) is 21.9. The molecule has 112 valence electrons. The Kier molecular flexibility index (Phi) is 6.35. The molecule has 0 aliphatic rings. The van der Waals surface area contributed by atoms with Crippen molar-refractivity contribution >= 4 is 35.2 Å². The fourth-order valence-electron chi connectivity index (χ4n) is 1.67. The van der Waals surface area contributed by atoms with Crippen molar-refractivity contribution in [3.63, 3.8) is 0 Å². The van der Waals surface area contributed by atoms with Crippen molar-refractivity contribution in [3.8, 4) is 0 Å². The summed E-state index contributed by atoms with van der Waals surface area (Å²) in [7, 11) is 1.81. The van der Waals surface area contributed by atoms with Gasteiger partial charge in [0.05, 0.1) is 16.4 Å². The minimum atomic E-state index is -1.04. The first kappa shape index (κ1) is 16.8. The summed E-state index contributed by atoms with van der Waals surface area (Å²) in [5.74, 6) is -0.577. The van der Waals surface area contributed by atoms with Gasteiger partial charge in [-0.2, -0.15) is 16.9 Å². The second-order valence-corrected chi connectivity index (χ2v) is 5.70. The van der Waals surface area contributed by atoms with Crippen molar-refractivity contribution in [2.45, 2.75) is 32.1 Å². The van der Waals surface area contributed by atoms with Gasteiger partial charge in [-0.25, -0.2) is 4.79 Å². The number of carboxylic acid groups (broad SMARTS) is 1. The number of halogens is 1. The minimum absolute atomic E-state index is 0.276. The van der Waals surface area contributed by atoms with Crippen LogP contribution >= 0.6 is 23.4 Å². The van der Waals surface area contributed by atoms with Gasteiger partial charge < -0.3 is 10.4 Å². The molecule has 1 amide bonds.